The standard InChI is InChI=1S/C19H22N6O/c20-24-17(18-16-5-8-21-19(16)23-13-22-18)14-6-10-25(11-7-14)9-1-3-15-4-2-12-26-15/h1-5,8,12-14,20-21H,6-7,9-11H2,(H,22,23)/b3-1+,18-17-,24-20?. The third-order valence-corrected chi connectivity index (χ3v) is 4.94. The quantitative estimate of drug-likeness (QED) is 0.712. The van der Waals surface area contributed by atoms with Crippen molar-refractivity contribution in [3.05, 3.63) is 53.8 Å². The van der Waals surface area contributed by atoms with Gasteiger partial charge in [0.05, 0.1) is 24.0 Å². The van der Waals surface area contributed by atoms with Gasteiger partial charge in [-0.1, -0.05) is 6.08 Å². The zero-order valence-corrected chi connectivity index (χ0v) is 14.5. The lowest BCUT2D eigenvalue weighted by Crippen LogP contribution is -2.34. The van der Waals surface area contributed by atoms with Gasteiger partial charge in [0.2, 0.25) is 0 Å². The van der Waals surface area contributed by atoms with Crippen molar-refractivity contribution in [3.63, 3.8) is 0 Å². The van der Waals surface area contributed by atoms with Gasteiger partial charge < -0.3 is 14.7 Å². The van der Waals surface area contributed by atoms with Crippen LogP contribution in [0.25, 0.3) is 11.8 Å². The predicted octanol–water partition coefficient (Wildman–Crippen LogP) is 4.00. The van der Waals surface area contributed by atoms with Gasteiger partial charge in [-0.05, 0) is 50.2 Å². The highest BCUT2D eigenvalue weighted by Crippen LogP contribution is 2.34. The van der Waals surface area contributed by atoms with Crippen molar-refractivity contribution in [2.75, 3.05) is 19.6 Å². The average Bonchev–Trinajstić information content (AvgIpc) is 3.35. The monoisotopic (exact) mass is 350 g/mol. The highest BCUT2D eigenvalue weighted by Gasteiger charge is 2.26. The Hall–Kier alpha value is -2.93. The summed E-state index contributed by atoms with van der Waals surface area (Å²) in [5.74, 6) is 1.99. The van der Waals surface area contributed by atoms with Gasteiger partial charge in [0.1, 0.15) is 11.6 Å². The first kappa shape index (κ1) is 16.5. The minimum Gasteiger partial charge on any atom is -0.465 e. The summed E-state index contributed by atoms with van der Waals surface area (Å²) < 4.78 is 5.31. The second-order valence-electron chi connectivity index (χ2n) is 6.51. The van der Waals surface area contributed by atoms with Crippen LogP contribution in [0, 0.1) is 11.4 Å². The number of hydrogen-bond donors (Lipinski definition) is 3. The summed E-state index contributed by atoms with van der Waals surface area (Å²) in [7, 11) is 0. The zero-order chi connectivity index (χ0) is 17.8. The van der Waals surface area contributed by atoms with Crippen molar-refractivity contribution in [2.24, 2.45) is 16.0 Å². The Morgan fingerprint density at radius 2 is 2.27 bits per heavy atom. The highest BCUT2D eigenvalue weighted by molar-refractivity contribution is 5.87. The molecule has 4 heterocycles. The van der Waals surface area contributed by atoms with Gasteiger partial charge in [-0.15, -0.1) is 0 Å². The van der Waals surface area contributed by atoms with Crippen LogP contribution in [0.3, 0.4) is 0 Å². The number of nitrogens with one attached hydrogen (secondary N) is 3. The van der Waals surface area contributed by atoms with Crippen LogP contribution >= 0.6 is 0 Å². The van der Waals surface area contributed by atoms with Crippen molar-refractivity contribution >= 4 is 23.9 Å². The van der Waals surface area contributed by atoms with Gasteiger partial charge in [0.15, 0.2) is 0 Å². The Balaban J connectivity index is 1.40. The van der Waals surface area contributed by atoms with E-state index < -0.39 is 0 Å². The van der Waals surface area contributed by atoms with Gasteiger partial charge in [-0.25, -0.2) is 10.5 Å². The summed E-state index contributed by atoms with van der Waals surface area (Å²) in [6.07, 6.45) is 11.3. The molecule has 0 saturated carbocycles. The summed E-state index contributed by atoms with van der Waals surface area (Å²) in [5, 5.41) is 7.07. The van der Waals surface area contributed by atoms with Gasteiger partial charge in [-0.2, -0.15) is 5.11 Å². The summed E-state index contributed by atoms with van der Waals surface area (Å²) >= 11 is 0. The first-order chi connectivity index (χ1) is 12.8. The fourth-order valence-electron chi connectivity index (χ4n) is 3.56. The molecule has 0 bridgehead atoms. The molecule has 7 heteroatoms. The van der Waals surface area contributed by atoms with Crippen molar-refractivity contribution in [1.29, 1.82) is 5.53 Å². The molecule has 0 radical (unpaired) electrons. The number of hydrogen-bond acceptors (Lipinski definition) is 6. The highest BCUT2D eigenvalue weighted by atomic mass is 16.3. The molecule has 0 atom stereocenters. The minimum atomic E-state index is 0.287. The lowest BCUT2D eigenvalue weighted by Gasteiger charge is -2.32. The number of piperidine rings is 1. The Morgan fingerprint density at radius 3 is 3.04 bits per heavy atom. The Labute approximate surface area is 152 Å². The molecule has 0 aromatic carbocycles. The average molecular weight is 350 g/mol. The van der Waals surface area contributed by atoms with E-state index in [9.17, 15) is 0 Å². The van der Waals surface area contributed by atoms with Gasteiger partial charge in [-0.3, -0.25) is 4.90 Å². The maximum Gasteiger partial charge on any atom is 0.141 e. The number of likely N-dealkylation sites (tertiary alicyclic amines) is 1. The van der Waals surface area contributed by atoms with Crippen LogP contribution < -0.4 is 5.32 Å². The molecule has 1 fully saturated rings. The van der Waals surface area contributed by atoms with E-state index in [0.717, 1.165) is 61.0 Å². The molecule has 0 amide bonds. The van der Waals surface area contributed by atoms with Crippen molar-refractivity contribution < 1.29 is 4.42 Å². The number of H-pyrrole nitrogens is 1. The molecule has 1 saturated heterocycles. The fourth-order valence-corrected chi connectivity index (χ4v) is 3.56. The molecular weight excluding hydrogens is 328 g/mol. The number of furan rings is 1. The summed E-state index contributed by atoms with van der Waals surface area (Å²) in [5.41, 5.74) is 10.4. The van der Waals surface area contributed by atoms with Gasteiger partial charge in [0, 0.05) is 24.2 Å². The summed E-state index contributed by atoms with van der Waals surface area (Å²) in [4.78, 5) is 9.81. The second kappa shape index (κ2) is 7.53. The molecule has 26 heavy (non-hydrogen) atoms. The third kappa shape index (κ3) is 3.39. The first-order valence-electron chi connectivity index (χ1n) is 8.86. The van der Waals surface area contributed by atoms with Gasteiger partial charge >= 0.3 is 0 Å². The number of aromatic nitrogens is 1. The molecule has 2 aliphatic rings. The molecule has 0 aliphatic carbocycles. The van der Waals surface area contributed by atoms with Crippen LogP contribution in [0.5, 0.6) is 0 Å². The topological polar surface area (TPSA) is 92.8 Å². The van der Waals surface area contributed by atoms with E-state index in [-0.39, 0.29) is 5.92 Å². The number of nitrogens with zero attached hydrogens (tertiary/aromatic N) is 3. The number of allylic oxidation sites excluding steroid dienone is 1. The lowest BCUT2D eigenvalue weighted by molar-refractivity contribution is 0.216. The maximum atomic E-state index is 7.71. The smallest absolute Gasteiger partial charge is 0.141 e. The van der Waals surface area contributed by atoms with E-state index in [1.807, 2.05) is 30.5 Å². The van der Waals surface area contributed by atoms with Crippen LogP contribution in [-0.2, 0) is 0 Å². The van der Waals surface area contributed by atoms with Crippen LogP contribution in [0.2, 0.25) is 0 Å². The zero-order valence-electron chi connectivity index (χ0n) is 14.5. The van der Waals surface area contributed by atoms with Crippen LogP contribution in [0.15, 0.2) is 57.0 Å². The van der Waals surface area contributed by atoms with Gasteiger partial charge in [0.25, 0.3) is 0 Å². The first-order valence-corrected chi connectivity index (χ1v) is 8.86. The summed E-state index contributed by atoms with van der Waals surface area (Å²) in [6, 6.07) is 5.82. The van der Waals surface area contributed by atoms with E-state index >= 15 is 0 Å². The molecule has 0 spiro atoms. The van der Waals surface area contributed by atoms with Crippen LogP contribution in [-0.4, -0.2) is 35.9 Å². The lowest BCUT2D eigenvalue weighted by atomic mass is 9.91. The normalized spacial score (nSPS) is 20.2. The Kier molecular flexibility index (Phi) is 4.79. The molecule has 134 valence electrons. The van der Waals surface area contributed by atoms with Crippen molar-refractivity contribution in [2.45, 2.75) is 12.8 Å². The Morgan fingerprint density at radius 1 is 1.38 bits per heavy atom. The van der Waals surface area contributed by atoms with E-state index in [1.54, 1.807) is 12.6 Å². The third-order valence-electron chi connectivity index (χ3n) is 4.94. The second-order valence-corrected chi connectivity index (χ2v) is 6.51. The molecular formula is C19H22N6O. The number of rotatable bonds is 5. The molecule has 2 aromatic rings. The molecule has 4 rings (SSSR count). The molecule has 3 N–H and O–H groups in total. The SMILES string of the molecule is N=N/C(=C1\NC=Nc2[nH]ccc21)C1CCN(C/C=C/c2ccco2)CC1. The molecule has 2 aromatic heterocycles. The van der Waals surface area contributed by atoms with Crippen LogP contribution in [0.4, 0.5) is 5.82 Å². The number of fused-ring (bicyclic) bond motifs is 1. The largest absolute Gasteiger partial charge is 0.465 e. The predicted molar refractivity (Wildman–Crippen MR) is 101 cm³/mol. The molecule has 7 nitrogen and oxygen atoms in total. The maximum absolute atomic E-state index is 7.71. The molecule has 0 unspecified atom stereocenters. The Bertz CT molecular complexity index is 837. The van der Waals surface area contributed by atoms with Crippen molar-refractivity contribution in [3.8, 4) is 0 Å². The van der Waals surface area contributed by atoms with E-state index in [4.69, 9.17) is 9.95 Å². The number of aliphatic imine (C=N–C) groups is 1. The fraction of sp³-hybridized carbons (Fsp3) is 0.316. The summed E-state index contributed by atoms with van der Waals surface area (Å²) in [6.45, 7) is 2.89. The van der Waals surface area contributed by atoms with E-state index in [0.29, 0.717) is 0 Å². The van der Waals surface area contributed by atoms with Crippen LogP contribution in [0.1, 0.15) is 24.2 Å². The van der Waals surface area contributed by atoms with Crippen molar-refractivity contribution in [1.82, 2.24) is 15.2 Å². The molecule has 2 aliphatic heterocycles. The van der Waals surface area contributed by atoms with E-state index in [2.05, 4.69) is 31.4 Å². The minimum absolute atomic E-state index is 0.287. The number of aromatic amines is 1. The van der Waals surface area contributed by atoms with E-state index in [1.165, 1.54) is 0 Å².